The molecule has 0 aromatic carbocycles. The Labute approximate surface area is 170 Å². The lowest BCUT2D eigenvalue weighted by atomic mass is 10.2. The molecular formula is C18H18ClF2N5O3. The second kappa shape index (κ2) is 8.71. The van der Waals surface area contributed by atoms with Crippen LogP contribution in [0, 0.1) is 24.2 Å². The molecule has 0 aliphatic heterocycles. The van der Waals surface area contributed by atoms with Crippen molar-refractivity contribution in [1.29, 1.82) is 5.26 Å². The Balaban J connectivity index is 1.98. The maximum atomic E-state index is 13.0. The van der Waals surface area contributed by atoms with Crippen LogP contribution in [-0.2, 0) is 4.74 Å². The van der Waals surface area contributed by atoms with Gasteiger partial charge in [0, 0.05) is 13.3 Å². The van der Waals surface area contributed by atoms with Crippen molar-refractivity contribution in [1.82, 2.24) is 14.5 Å². The van der Waals surface area contributed by atoms with Crippen molar-refractivity contribution in [3.05, 3.63) is 39.0 Å². The van der Waals surface area contributed by atoms with Crippen LogP contribution in [0.5, 0.6) is 5.88 Å². The predicted molar refractivity (Wildman–Crippen MR) is 101 cm³/mol. The van der Waals surface area contributed by atoms with Gasteiger partial charge in [0.1, 0.15) is 16.8 Å². The van der Waals surface area contributed by atoms with Crippen molar-refractivity contribution < 1.29 is 18.3 Å². The molecule has 2 aromatic rings. The third-order valence-electron chi connectivity index (χ3n) is 4.51. The fraction of sp³-hybridized carbons (Fsp3) is 0.444. The molecule has 1 N–H and O–H groups in total. The zero-order chi connectivity index (χ0) is 21.1. The monoisotopic (exact) mass is 425 g/mol. The van der Waals surface area contributed by atoms with E-state index in [-0.39, 0.29) is 34.0 Å². The minimum atomic E-state index is -3.12. The number of nitrogens with one attached hydrogen (secondary N) is 1. The number of aryl methyl sites for hydroxylation is 1. The van der Waals surface area contributed by atoms with Gasteiger partial charge in [0.15, 0.2) is 5.82 Å². The number of anilines is 2. The largest absolute Gasteiger partial charge is 0.415 e. The Morgan fingerprint density at radius 1 is 1.45 bits per heavy atom. The summed E-state index contributed by atoms with van der Waals surface area (Å²) < 4.78 is 36.0. The van der Waals surface area contributed by atoms with Gasteiger partial charge in [0.05, 0.1) is 24.0 Å². The second-order valence-corrected chi connectivity index (χ2v) is 6.96. The van der Waals surface area contributed by atoms with Crippen LogP contribution in [0.25, 0.3) is 0 Å². The molecule has 1 aliphatic carbocycles. The van der Waals surface area contributed by atoms with Crippen molar-refractivity contribution in [2.75, 3.05) is 19.0 Å². The van der Waals surface area contributed by atoms with Gasteiger partial charge in [-0.2, -0.15) is 14.0 Å². The minimum Gasteiger partial charge on any atom is -0.415 e. The third-order valence-corrected chi connectivity index (χ3v) is 4.70. The fourth-order valence-corrected chi connectivity index (χ4v) is 3.18. The van der Waals surface area contributed by atoms with E-state index >= 15 is 0 Å². The van der Waals surface area contributed by atoms with Gasteiger partial charge in [-0.1, -0.05) is 11.6 Å². The maximum Gasteiger partial charge on any atom is 0.388 e. The molecule has 154 valence electrons. The quantitative estimate of drug-likeness (QED) is 0.691. The van der Waals surface area contributed by atoms with Crippen molar-refractivity contribution >= 4 is 23.1 Å². The maximum absolute atomic E-state index is 13.0. The van der Waals surface area contributed by atoms with E-state index in [0.717, 1.165) is 12.8 Å². The second-order valence-electron chi connectivity index (χ2n) is 6.57. The third kappa shape index (κ3) is 4.81. The van der Waals surface area contributed by atoms with Crippen LogP contribution in [0.15, 0.2) is 17.1 Å². The summed E-state index contributed by atoms with van der Waals surface area (Å²) in [6, 6.07) is 2.83. The molecule has 0 spiro atoms. The van der Waals surface area contributed by atoms with Crippen LogP contribution in [0.3, 0.4) is 0 Å². The average Bonchev–Trinajstić information content (AvgIpc) is 3.49. The van der Waals surface area contributed by atoms with Crippen molar-refractivity contribution in [2.45, 2.75) is 32.4 Å². The fourth-order valence-electron chi connectivity index (χ4n) is 2.99. The van der Waals surface area contributed by atoms with Gasteiger partial charge >= 0.3 is 6.61 Å². The Bertz CT molecular complexity index is 1000. The highest BCUT2D eigenvalue weighted by molar-refractivity contribution is 6.29. The summed E-state index contributed by atoms with van der Waals surface area (Å²) in [5.74, 6) is -0.246. The summed E-state index contributed by atoms with van der Waals surface area (Å²) in [4.78, 5) is 20.9. The molecule has 1 atom stereocenters. The smallest absolute Gasteiger partial charge is 0.388 e. The standard InChI is InChI=1S/C18H18ClF2N5O3/c1-9-12(5-11(6-22)16(23-9)29-18(20)21)24-15-17(27)26(7-14(19)25-15)13(8-28-2)10-3-4-10/h5,7,10,13,18H,3-4,8H2,1-2H3,(H,24,25)/t13-/m0/s1. The Hall–Kier alpha value is -2.77. The van der Waals surface area contributed by atoms with Gasteiger partial charge in [0.25, 0.3) is 5.56 Å². The van der Waals surface area contributed by atoms with Gasteiger partial charge in [-0.15, -0.1) is 0 Å². The first kappa shape index (κ1) is 21.0. The summed E-state index contributed by atoms with van der Waals surface area (Å²) in [6.07, 6.45) is 3.44. The summed E-state index contributed by atoms with van der Waals surface area (Å²) in [7, 11) is 1.56. The summed E-state index contributed by atoms with van der Waals surface area (Å²) in [5, 5.41) is 12.1. The van der Waals surface area contributed by atoms with E-state index in [2.05, 4.69) is 20.0 Å². The van der Waals surface area contributed by atoms with E-state index in [4.69, 9.17) is 16.3 Å². The molecule has 1 aliphatic rings. The van der Waals surface area contributed by atoms with E-state index < -0.39 is 18.1 Å². The van der Waals surface area contributed by atoms with Crippen LogP contribution in [0.1, 0.15) is 30.1 Å². The number of nitriles is 1. The summed E-state index contributed by atoms with van der Waals surface area (Å²) >= 11 is 6.12. The number of rotatable bonds is 8. The first-order chi connectivity index (χ1) is 13.8. The normalized spacial score (nSPS) is 14.5. The highest BCUT2D eigenvalue weighted by Gasteiger charge is 2.33. The van der Waals surface area contributed by atoms with Gasteiger partial charge < -0.3 is 19.4 Å². The van der Waals surface area contributed by atoms with E-state index in [1.165, 1.54) is 23.8 Å². The van der Waals surface area contributed by atoms with Crippen LogP contribution < -0.4 is 15.6 Å². The van der Waals surface area contributed by atoms with E-state index in [1.54, 1.807) is 13.2 Å². The molecule has 2 aromatic heterocycles. The SMILES string of the molecule is COC[C@@H](C1CC1)n1cc(Cl)nc(Nc2cc(C#N)c(OC(F)F)nc2C)c1=O. The molecule has 0 bridgehead atoms. The van der Waals surface area contributed by atoms with Gasteiger partial charge in [-0.3, -0.25) is 4.79 Å². The zero-order valence-electron chi connectivity index (χ0n) is 15.7. The molecule has 2 heterocycles. The van der Waals surface area contributed by atoms with Gasteiger partial charge in [0.2, 0.25) is 5.88 Å². The van der Waals surface area contributed by atoms with Crippen LogP contribution in [-0.4, -0.2) is 34.9 Å². The number of aromatic nitrogens is 3. The van der Waals surface area contributed by atoms with E-state index in [0.29, 0.717) is 12.5 Å². The molecule has 29 heavy (non-hydrogen) atoms. The van der Waals surface area contributed by atoms with Crippen LogP contribution in [0.2, 0.25) is 5.15 Å². The van der Waals surface area contributed by atoms with Gasteiger partial charge in [-0.05, 0) is 31.7 Å². The molecule has 3 rings (SSSR count). The van der Waals surface area contributed by atoms with Crippen molar-refractivity contribution in [3.8, 4) is 11.9 Å². The zero-order valence-corrected chi connectivity index (χ0v) is 16.4. The highest BCUT2D eigenvalue weighted by Crippen LogP contribution is 2.39. The van der Waals surface area contributed by atoms with Crippen LogP contribution in [0.4, 0.5) is 20.3 Å². The number of hydrogen-bond acceptors (Lipinski definition) is 7. The first-order valence-electron chi connectivity index (χ1n) is 8.75. The van der Waals surface area contributed by atoms with Gasteiger partial charge in [-0.25, -0.2) is 9.97 Å². The topological polar surface area (TPSA) is 102 Å². The number of pyridine rings is 1. The van der Waals surface area contributed by atoms with E-state index in [9.17, 15) is 18.8 Å². The number of halogens is 3. The number of methoxy groups -OCH3 is 1. The van der Waals surface area contributed by atoms with Crippen LogP contribution >= 0.6 is 11.6 Å². The molecule has 0 amide bonds. The predicted octanol–water partition coefficient (Wildman–Crippen LogP) is 3.41. The highest BCUT2D eigenvalue weighted by atomic mass is 35.5. The number of hydrogen-bond donors (Lipinski definition) is 1. The number of nitrogens with zero attached hydrogens (tertiary/aromatic N) is 4. The Morgan fingerprint density at radius 2 is 2.17 bits per heavy atom. The number of alkyl halides is 2. The molecule has 8 nitrogen and oxygen atoms in total. The lowest BCUT2D eigenvalue weighted by molar-refractivity contribution is -0.0531. The lowest BCUT2D eigenvalue weighted by Crippen LogP contribution is -2.30. The summed E-state index contributed by atoms with van der Waals surface area (Å²) in [6.45, 7) is -1.25. The Morgan fingerprint density at radius 3 is 2.76 bits per heavy atom. The molecule has 11 heteroatoms. The average molecular weight is 426 g/mol. The molecule has 1 fully saturated rings. The molecular weight excluding hydrogens is 408 g/mol. The molecule has 0 unspecified atom stereocenters. The lowest BCUT2D eigenvalue weighted by Gasteiger charge is -2.20. The Kier molecular flexibility index (Phi) is 6.30. The molecule has 0 saturated heterocycles. The molecule has 0 radical (unpaired) electrons. The molecule has 1 saturated carbocycles. The van der Waals surface area contributed by atoms with Crippen molar-refractivity contribution in [3.63, 3.8) is 0 Å². The minimum absolute atomic E-state index is 0.0735. The first-order valence-corrected chi connectivity index (χ1v) is 9.13. The van der Waals surface area contributed by atoms with Crippen molar-refractivity contribution in [2.24, 2.45) is 5.92 Å². The number of ether oxygens (including phenoxy) is 2. The summed E-state index contributed by atoms with van der Waals surface area (Å²) in [5.41, 5.74) is -0.149. The van der Waals surface area contributed by atoms with E-state index in [1.807, 2.05) is 0 Å².